The van der Waals surface area contributed by atoms with Gasteiger partial charge >= 0.3 is 0 Å². The Bertz CT molecular complexity index is 721. The molecule has 0 spiro atoms. The van der Waals surface area contributed by atoms with E-state index in [1.807, 2.05) is 13.0 Å². The van der Waals surface area contributed by atoms with Crippen LogP contribution >= 0.6 is 27.7 Å². The second-order valence-electron chi connectivity index (χ2n) is 4.18. The fourth-order valence-corrected chi connectivity index (χ4v) is 3.27. The Kier molecular flexibility index (Phi) is 4.99. The smallest absolute Gasteiger partial charge is 0.251 e. The van der Waals surface area contributed by atoms with Crippen LogP contribution < -0.4 is 5.56 Å². The third-order valence-corrected chi connectivity index (χ3v) is 3.81. The number of aryl methyl sites for hydroxylation is 1. The van der Waals surface area contributed by atoms with Crippen LogP contribution in [0.2, 0.25) is 0 Å². The molecule has 0 saturated carbocycles. The summed E-state index contributed by atoms with van der Waals surface area (Å²) in [7, 11) is 0. The molecule has 2 rings (SSSR count). The number of nitrogens with zero attached hydrogens (tertiary/aromatic N) is 2. The predicted molar refractivity (Wildman–Crippen MR) is 81.8 cm³/mol. The fourth-order valence-electron chi connectivity index (χ4n) is 1.71. The minimum atomic E-state index is -0.151. The molecule has 0 aliphatic carbocycles. The number of aromatic nitrogens is 2. The summed E-state index contributed by atoms with van der Waals surface area (Å²) in [5.41, 5.74) is 1.20. The van der Waals surface area contributed by atoms with Crippen molar-refractivity contribution >= 4 is 27.7 Å². The predicted octanol–water partition coefficient (Wildman–Crippen LogP) is 3.51. The van der Waals surface area contributed by atoms with Crippen LogP contribution in [0, 0.1) is 11.3 Å². The second kappa shape index (κ2) is 6.73. The number of benzene rings is 1. The topological polar surface area (TPSA) is 69.5 Å². The lowest BCUT2D eigenvalue weighted by atomic mass is 10.2. The van der Waals surface area contributed by atoms with Crippen LogP contribution in [0.5, 0.6) is 0 Å². The van der Waals surface area contributed by atoms with Crippen molar-refractivity contribution < 1.29 is 0 Å². The van der Waals surface area contributed by atoms with E-state index in [9.17, 15) is 4.79 Å². The van der Waals surface area contributed by atoms with Crippen molar-refractivity contribution in [2.24, 2.45) is 0 Å². The van der Waals surface area contributed by atoms with Crippen molar-refractivity contribution in [2.45, 2.75) is 29.8 Å². The van der Waals surface area contributed by atoms with Crippen molar-refractivity contribution in [2.75, 3.05) is 0 Å². The Hall–Kier alpha value is -1.58. The molecular formula is C14H12BrN3OS. The van der Waals surface area contributed by atoms with E-state index in [0.29, 0.717) is 10.7 Å². The highest BCUT2D eigenvalue weighted by molar-refractivity contribution is 9.10. The first kappa shape index (κ1) is 14.8. The molecule has 0 unspecified atom stereocenters. The first-order valence-electron chi connectivity index (χ1n) is 6.09. The average molecular weight is 350 g/mol. The summed E-state index contributed by atoms with van der Waals surface area (Å²) in [5, 5.41) is 9.50. The van der Waals surface area contributed by atoms with Gasteiger partial charge in [-0.25, -0.2) is 4.98 Å². The number of H-pyrrole nitrogens is 1. The molecule has 0 radical (unpaired) electrons. The maximum Gasteiger partial charge on any atom is 0.251 e. The van der Waals surface area contributed by atoms with Crippen molar-refractivity contribution in [3.8, 4) is 6.07 Å². The summed E-state index contributed by atoms with van der Waals surface area (Å²) >= 11 is 4.70. The number of halogens is 1. The molecule has 0 amide bonds. The van der Waals surface area contributed by atoms with Gasteiger partial charge in [0.25, 0.3) is 5.56 Å². The molecular weight excluding hydrogens is 338 g/mol. The SMILES string of the molecule is CCCc1cc(=O)[nH]c(Sc2cc(Br)cc(C#N)c2)n1. The third-order valence-electron chi connectivity index (χ3n) is 2.49. The van der Waals surface area contributed by atoms with Gasteiger partial charge in [-0.3, -0.25) is 4.79 Å². The van der Waals surface area contributed by atoms with Crippen LogP contribution in [-0.2, 0) is 6.42 Å². The summed E-state index contributed by atoms with van der Waals surface area (Å²) in [6.07, 6.45) is 1.72. The number of rotatable bonds is 4. The molecule has 0 aliphatic heterocycles. The number of nitrogens with one attached hydrogen (secondary N) is 1. The quantitative estimate of drug-likeness (QED) is 0.857. The average Bonchev–Trinajstić information content (AvgIpc) is 2.37. The molecule has 0 atom stereocenters. The molecule has 0 aliphatic rings. The van der Waals surface area contributed by atoms with Gasteiger partial charge in [0.2, 0.25) is 0 Å². The van der Waals surface area contributed by atoms with Gasteiger partial charge < -0.3 is 4.98 Å². The maximum absolute atomic E-state index is 11.6. The zero-order valence-electron chi connectivity index (χ0n) is 10.8. The van der Waals surface area contributed by atoms with E-state index >= 15 is 0 Å². The lowest BCUT2D eigenvalue weighted by molar-refractivity contribution is 0.816. The van der Waals surface area contributed by atoms with Crippen LogP contribution in [0.4, 0.5) is 0 Å². The molecule has 20 heavy (non-hydrogen) atoms. The van der Waals surface area contributed by atoms with Crippen LogP contribution in [0.1, 0.15) is 24.6 Å². The highest BCUT2D eigenvalue weighted by atomic mass is 79.9. The molecule has 1 aromatic carbocycles. The molecule has 0 saturated heterocycles. The first-order valence-corrected chi connectivity index (χ1v) is 7.70. The monoisotopic (exact) mass is 349 g/mol. The Labute approximate surface area is 129 Å². The molecule has 2 aromatic rings. The molecule has 1 N–H and O–H groups in total. The molecule has 6 heteroatoms. The summed E-state index contributed by atoms with van der Waals surface area (Å²) in [6.45, 7) is 2.04. The van der Waals surface area contributed by atoms with Crippen molar-refractivity contribution in [1.82, 2.24) is 9.97 Å². The highest BCUT2D eigenvalue weighted by Gasteiger charge is 2.05. The zero-order chi connectivity index (χ0) is 14.5. The van der Waals surface area contributed by atoms with Gasteiger partial charge in [-0.05, 0) is 24.6 Å². The van der Waals surface area contributed by atoms with Crippen molar-refractivity contribution in [3.05, 3.63) is 50.3 Å². The van der Waals surface area contributed by atoms with Crippen molar-refractivity contribution in [1.29, 1.82) is 5.26 Å². The van der Waals surface area contributed by atoms with Gasteiger partial charge in [0.05, 0.1) is 11.6 Å². The Balaban J connectivity index is 2.32. The number of nitriles is 1. The summed E-state index contributed by atoms with van der Waals surface area (Å²) in [4.78, 5) is 19.6. The molecule has 1 aromatic heterocycles. The number of hydrogen-bond acceptors (Lipinski definition) is 4. The lowest BCUT2D eigenvalue weighted by Gasteiger charge is -2.04. The van der Waals surface area contributed by atoms with E-state index in [4.69, 9.17) is 5.26 Å². The number of aromatic amines is 1. The Morgan fingerprint density at radius 2 is 2.20 bits per heavy atom. The van der Waals surface area contributed by atoms with E-state index in [1.54, 1.807) is 12.1 Å². The lowest BCUT2D eigenvalue weighted by Crippen LogP contribution is -2.09. The molecule has 1 heterocycles. The van der Waals surface area contributed by atoms with E-state index < -0.39 is 0 Å². The van der Waals surface area contributed by atoms with Crippen LogP contribution in [-0.4, -0.2) is 9.97 Å². The molecule has 0 bridgehead atoms. The Morgan fingerprint density at radius 3 is 2.90 bits per heavy atom. The van der Waals surface area contributed by atoms with Crippen LogP contribution in [0.15, 0.2) is 43.6 Å². The van der Waals surface area contributed by atoms with E-state index in [0.717, 1.165) is 27.9 Å². The maximum atomic E-state index is 11.6. The van der Waals surface area contributed by atoms with E-state index in [1.165, 1.54) is 17.8 Å². The summed E-state index contributed by atoms with van der Waals surface area (Å²) in [5.74, 6) is 0. The summed E-state index contributed by atoms with van der Waals surface area (Å²) < 4.78 is 0.825. The van der Waals surface area contributed by atoms with Gasteiger partial charge in [0, 0.05) is 21.1 Å². The largest absolute Gasteiger partial charge is 0.301 e. The molecule has 0 fully saturated rings. The van der Waals surface area contributed by atoms with Crippen LogP contribution in [0.3, 0.4) is 0 Å². The summed E-state index contributed by atoms with van der Waals surface area (Å²) in [6, 6.07) is 9.02. The zero-order valence-corrected chi connectivity index (χ0v) is 13.2. The standard InChI is InChI=1S/C14H12BrN3OS/c1-2-3-11-7-13(19)18-14(17-11)20-12-5-9(8-16)4-10(15)6-12/h4-7H,2-3H2,1H3,(H,17,18,19). The van der Waals surface area contributed by atoms with Gasteiger partial charge in [0.15, 0.2) is 5.16 Å². The van der Waals surface area contributed by atoms with Crippen molar-refractivity contribution in [3.63, 3.8) is 0 Å². The molecule has 4 nitrogen and oxygen atoms in total. The van der Waals surface area contributed by atoms with E-state index in [-0.39, 0.29) is 5.56 Å². The second-order valence-corrected chi connectivity index (χ2v) is 6.16. The number of hydrogen-bond donors (Lipinski definition) is 1. The van der Waals surface area contributed by atoms with Gasteiger partial charge in [0.1, 0.15) is 0 Å². The van der Waals surface area contributed by atoms with Gasteiger partial charge in [-0.1, -0.05) is 41.0 Å². The minimum absolute atomic E-state index is 0.151. The van der Waals surface area contributed by atoms with E-state index in [2.05, 4.69) is 32.0 Å². The Morgan fingerprint density at radius 1 is 1.40 bits per heavy atom. The first-order chi connectivity index (χ1) is 9.60. The normalized spacial score (nSPS) is 10.2. The van der Waals surface area contributed by atoms with Gasteiger partial charge in [-0.15, -0.1) is 0 Å². The highest BCUT2D eigenvalue weighted by Crippen LogP contribution is 2.28. The van der Waals surface area contributed by atoms with Gasteiger partial charge in [-0.2, -0.15) is 5.26 Å². The minimum Gasteiger partial charge on any atom is -0.301 e. The fraction of sp³-hybridized carbons (Fsp3) is 0.214. The molecule has 102 valence electrons. The third kappa shape index (κ3) is 3.95. The van der Waals surface area contributed by atoms with Crippen LogP contribution in [0.25, 0.3) is 0 Å².